The van der Waals surface area contributed by atoms with Crippen molar-refractivity contribution in [1.29, 1.82) is 0 Å². The largest absolute Gasteiger partial charge is 0.495 e. The molecule has 126 valence electrons. The van der Waals surface area contributed by atoms with Crippen molar-refractivity contribution >= 4 is 23.3 Å². The Kier molecular flexibility index (Phi) is 5.00. The minimum Gasteiger partial charge on any atom is -0.495 e. The number of halogens is 1. The normalized spacial score (nSPS) is 16.8. The molecule has 1 N–H and O–H groups in total. The maximum atomic E-state index is 12.4. The average Bonchev–Trinajstić information content (AvgIpc) is 3.05. The third-order valence-corrected chi connectivity index (χ3v) is 3.91. The quantitative estimate of drug-likeness (QED) is 0.919. The van der Waals surface area contributed by atoms with Crippen LogP contribution in [-0.4, -0.2) is 47.2 Å². The highest BCUT2D eigenvalue weighted by Crippen LogP contribution is 2.28. The minimum atomic E-state index is -0.218. The van der Waals surface area contributed by atoms with E-state index in [1.54, 1.807) is 42.5 Å². The molecule has 7 nitrogen and oxygen atoms in total. The van der Waals surface area contributed by atoms with Crippen LogP contribution < -0.4 is 14.8 Å². The molecule has 2 amide bonds. The van der Waals surface area contributed by atoms with Crippen molar-refractivity contribution in [3.05, 3.63) is 41.8 Å². The maximum Gasteiger partial charge on any atom is 0.322 e. The predicted molar refractivity (Wildman–Crippen MR) is 89.7 cm³/mol. The summed E-state index contributed by atoms with van der Waals surface area (Å²) in [5.41, 5.74) is 0.537. The molecule has 8 heteroatoms. The molecule has 1 aromatic carbocycles. The summed E-state index contributed by atoms with van der Waals surface area (Å²) < 4.78 is 11.0. The fourth-order valence-corrected chi connectivity index (χ4v) is 2.67. The highest BCUT2D eigenvalue weighted by molar-refractivity contribution is 6.31. The molecule has 0 radical (unpaired) electrons. The van der Waals surface area contributed by atoms with Gasteiger partial charge in [0.15, 0.2) is 0 Å². The van der Waals surface area contributed by atoms with Crippen molar-refractivity contribution in [2.45, 2.75) is 12.5 Å². The summed E-state index contributed by atoms with van der Waals surface area (Å²) in [7, 11) is 1.54. The summed E-state index contributed by atoms with van der Waals surface area (Å²) in [5.74, 6) is 1.06. The fraction of sp³-hybridized carbons (Fsp3) is 0.312. The molecule has 1 atom stereocenters. The molecule has 2 aromatic rings. The van der Waals surface area contributed by atoms with Gasteiger partial charge in [-0.2, -0.15) is 0 Å². The van der Waals surface area contributed by atoms with Crippen LogP contribution in [0.15, 0.2) is 36.8 Å². The first kappa shape index (κ1) is 16.3. The number of likely N-dealkylation sites (tertiary alicyclic amines) is 1. The first-order chi connectivity index (χ1) is 11.7. The van der Waals surface area contributed by atoms with Gasteiger partial charge in [0.1, 0.15) is 18.2 Å². The van der Waals surface area contributed by atoms with Crippen LogP contribution in [0.25, 0.3) is 0 Å². The van der Waals surface area contributed by atoms with E-state index in [-0.39, 0.29) is 12.1 Å². The van der Waals surface area contributed by atoms with Crippen LogP contribution in [-0.2, 0) is 0 Å². The van der Waals surface area contributed by atoms with Crippen LogP contribution in [0.2, 0.25) is 5.02 Å². The summed E-state index contributed by atoms with van der Waals surface area (Å²) in [6, 6.07) is 6.55. The van der Waals surface area contributed by atoms with E-state index in [9.17, 15) is 4.79 Å². The summed E-state index contributed by atoms with van der Waals surface area (Å²) in [6.07, 6.45) is 3.70. The predicted octanol–water partition coefficient (Wildman–Crippen LogP) is 2.82. The summed E-state index contributed by atoms with van der Waals surface area (Å²) in [4.78, 5) is 22.0. The van der Waals surface area contributed by atoms with E-state index in [4.69, 9.17) is 21.1 Å². The van der Waals surface area contributed by atoms with Crippen LogP contribution >= 0.6 is 11.6 Å². The van der Waals surface area contributed by atoms with Gasteiger partial charge in [-0.25, -0.2) is 14.8 Å². The number of nitrogens with one attached hydrogen (secondary N) is 1. The number of hydrogen-bond acceptors (Lipinski definition) is 5. The van der Waals surface area contributed by atoms with Crippen molar-refractivity contribution in [3.63, 3.8) is 0 Å². The molecular formula is C16H17ClN4O3. The Hall–Kier alpha value is -2.54. The van der Waals surface area contributed by atoms with Crippen LogP contribution in [0.4, 0.5) is 10.5 Å². The number of benzene rings is 1. The first-order valence-corrected chi connectivity index (χ1v) is 7.85. The molecule has 1 unspecified atom stereocenters. The van der Waals surface area contributed by atoms with Crippen LogP contribution in [0.3, 0.4) is 0 Å². The molecule has 0 aliphatic carbocycles. The lowest BCUT2D eigenvalue weighted by Gasteiger charge is -2.18. The van der Waals surface area contributed by atoms with Gasteiger partial charge in [-0.05, 0) is 18.2 Å². The first-order valence-electron chi connectivity index (χ1n) is 7.48. The molecule has 0 bridgehead atoms. The van der Waals surface area contributed by atoms with E-state index in [2.05, 4.69) is 15.3 Å². The van der Waals surface area contributed by atoms with E-state index in [0.717, 1.165) is 6.42 Å². The number of aromatic nitrogens is 2. The van der Waals surface area contributed by atoms with Gasteiger partial charge in [-0.15, -0.1) is 0 Å². The van der Waals surface area contributed by atoms with Gasteiger partial charge in [-0.3, -0.25) is 0 Å². The molecule has 1 saturated heterocycles. The Labute approximate surface area is 144 Å². The molecular weight excluding hydrogens is 332 g/mol. The Balaban J connectivity index is 1.60. The van der Waals surface area contributed by atoms with Crippen molar-refractivity contribution in [2.24, 2.45) is 0 Å². The minimum absolute atomic E-state index is 0.0908. The summed E-state index contributed by atoms with van der Waals surface area (Å²) in [5, 5.41) is 3.35. The molecule has 3 rings (SSSR count). The zero-order valence-corrected chi connectivity index (χ0v) is 13.9. The van der Waals surface area contributed by atoms with Gasteiger partial charge in [0.25, 0.3) is 0 Å². The highest BCUT2D eigenvalue weighted by Gasteiger charge is 2.28. The maximum absolute atomic E-state index is 12.4. The molecule has 1 aliphatic rings. The van der Waals surface area contributed by atoms with Gasteiger partial charge in [0.2, 0.25) is 5.88 Å². The number of amides is 2. The number of rotatable bonds is 4. The van der Waals surface area contributed by atoms with Gasteiger partial charge < -0.3 is 19.7 Å². The number of ether oxygens (including phenoxy) is 2. The SMILES string of the molecule is COc1ccc(Cl)cc1NC(=O)N1CCC(Oc2ccncn2)C1. The lowest BCUT2D eigenvalue weighted by molar-refractivity contribution is 0.189. The Bertz CT molecular complexity index is 714. The second-order valence-corrected chi connectivity index (χ2v) is 5.73. The average molecular weight is 349 g/mol. The van der Waals surface area contributed by atoms with Crippen molar-refractivity contribution in [1.82, 2.24) is 14.9 Å². The number of carbonyl (C=O) groups is 1. The number of urea groups is 1. The molecule has 1 fully saturated rings. The molecule has 2 heterocycles. The van der Waals surface area contributed by atoms with Gasteiger partial charge in [0, 0.05) is 30.3 Å². The lowest BCUT2D eigenvalue weighted by atomic mass is 10.3. The molecule has 0 saturated carbocycles. The highest BCUT2D eigenvalue weighted by atomic mass is 35.5. The van der Waals surface area contributed by atoms with Crippen LogP contribution in [0, 0.1) is 0 Å². The molecule has 1 aromatic heterocycles. The zero-order valence-electron chi connectivity index (χ0n) is 13.1. The molecule has 0 spiro atoms. The van der Waals surface area contributed by atoms with Crippen LogP contribution in [0.1, 0.15) is 6.42 Å². The summed E-state index contributed by atoms with van der Waals surface area (Å²) >= 11 is 5.98. The second-order valence-electron chi connectivity index (χ2n) is 5.30. The van der Waals surface area contributed by atoms with Crippen molar-refractivity contribution in [2.75, 3.05) is 25.5 Å². The van der Waals surface area contributed by atoms with E-state index >= 15 is 0 Å². The number of anilines is 1. The number of nitrogens with zero attached hydrogens (tertiary/aromatic N) is 3. The van der Waals surface area contributed by atoms with Crippen molar-refractivity contribution < 1.29 is 14.3 Å². The van der Waals surface area contributed by atoms with Gasteiger partial charge in [-0.1, -0.05) is 11.6 Å². The van der Waals surface area contributed by atoms with E-state index in [1.165, 1.54) is 6.33 Å². The number of carbonyl (C=O) groups excluding carboxylic acids is 1. The smallest absolute Gasteiger partial charge is 0.322 e. The Morgan fingerprint density at radius 2 is 2.29 bits per heavy atom. The number of methoxy groups -OCH3 is 1. The van der Waals surface area contributed by atoms with Crippen LogP contribution in [0.5, 0.6) is 11.6 Å². The Morgan fingerprint density at radius 3 is 3.04 bits per heavy atom. The molecule has 24 heavy (non-hydrogen) atoms. The standard InChI is InChI=1S/C16H17ClN4O3/c1-23-14-3-2-11(17)8-13(14)20-16(22)21-7-5-12(9-21)24-15-4-6-18-10-19-15/h2-4,6,8,10,12H,5,7,9H2,1H3,(H,20,22). The zero-order chi connectivity index (χ0) is 16.9. The third-order valence-electron chi connectivity index (χ3n) is 3.68. The van der Waals surface area contributed by atoms with E-state index in [1.807, 2.05) is 0 Å². The van der Waals surface area contributed by atoms with Crippen molar-refractivity contribution in [3.8, 4) is 11.6 Å². The third kappa shape index (κ3) is 3.86. The second kappa shape index (κ2) is 7.35. The fourth-order valence-electron chi connectivity index (χ4n) is 2.50. The van der Waals surface area contributed by atoms with E-state index < -0.39 is 0 Å². The molecule has 1 aliphatic heterocycles. The number of hydrogen-bond donors (Lipinski definition) is 1. The van der Waals surface area contributed by atoms with E-state index in [0.29, 0.717) is 35.4 Å². The topological polar surface area (TPSA) is 76.6 Å². The monoisotopic (exact) mass is 348 g/mol. The Morgan fingerprint density at radius 1 is 1.42 bits per heavy atom. The van der Waals surface area contributed by atoms with Gasteiger partial charge >= 0.3 is 6.03 Å². The van der Waals surface area contributed by atoms with Gasteiger partial charge in [0.05, 0.1) is 19.3 Å². The summed E-state index contributed by atoms with van der Waals surface area (Å²) in [6.45, 7) is 1.09. The lowest BCUT2D eigenvalue weighted by Crippen LogP contribution is -2.34.